The lowest BCUT2D eigenvalue weighted by molar-refractivity contribution is 0.555. The number of hydrogen-bond donors (Lipinski definition) is 0. The highest BCUT2D eigenvalue weighted by molar-refractivity contribution is 7.91. The Bertz CT molecular complexity index is 663. The first-order valence-electron chi connectivity index (χ1n) is 8.33. The largest absolute Gasteiger partial charge is 0.355 e. The van der Waals surface area contributed by atoms with E-state index in [9.17, 15) is 8.42 Å². The molecule has 5 nitrogen and oxygen atoms in total. The summed E-state index contributed by atoms with van der Waals surface area (Å²) in [6.45, 7) is 13.8. The van der Waals surface area contributed by atoms with Gasteiger partial charge < -0.3 is 4.90 Å². The summed E-state index contributed by atoms with van der Waals surface area (Å²) < 4.78 is 24.0. The lowest BCUT2D eigenvalue weighted by atomic mass is 9.91. The molecule has 2 heterocycles. The molecule has 1 unspecified atom stereocenters. The molecule has 2 rings (SSSR count). The highest BCUT2D eigenvalue weighted by atomic mass is 32.2. The van der Waals surface area contributed by atoms with E-state index in [1.807, 2.05) is 13.0 Å². The molecule has 0 saturated carbocycles. The summed E-state index contributed by atoms with van der Waals surface area (Å²) in [6.07, 6.45) is 0. The van der Waals surface area contributed by atoms with Gasteiger partial charge in [-0.05, 0) is 5.92 Å². The first-order chi connectivity index (χ1) is 10.5. The van der Waals surface area contributed by atoms with E-state index in [1.165, 1.54) is 0 Å². The van der Waals surface area contributed by atoms with Gasteiger partial charge in [0.2, 0.25) is 0 Å². The summed E-state index contributed by atoms with van der Waals surface area (Å²) >= 11 is 0. The molecule has 1 saturated heterocycles. The first-order valence-corrected chi connectivity index (χ1v) is 10.1. The molecule has 0 N–H and O–H groups in total. The van der Waals surface area contributed by atoms with Crippen molar-refractivity contribution in [1.82, 2.24) is 9.97 Å². The molecule has 23 heavy (non-hydrogen) atoms. The van der Waals surface area contributed by atoms with Crippen LogP contribution in [-0.2, 0) is 15.3 Å². The first kappa shape index (κ1) is 18.2. The third kappa shape index (κ3) is 4.66. The van der Waals surface area contributed by atoms with Crippen molar-refractivity contribution in [3.8, 4) is 0 Å². The Morgan fingerprint density at radius 2 is 1.91 bits per heavy atom. The van der Waals surface area contributed by atoms with Crippen LogP contribution in [0.4, 0.5) is 5.82 Å². The molecular formula is C17H29N3O2S. The summed E-state index contributed by atoms with van der Waals surface area (Å²) in [5, 5.41) is 0. The fraction of sp³-hybridized carbons (Fsp3) is 0.765. The van der Waals surface area contributed by atoms with E-state index in [0.29, 0.717) is 6.54 Å². The highest BCUT2D eigenvalue weighted by Crippen LogP contribution is 2.27. The SMILES string of the molecule is CC1CN(c2cc(C(C)(C)C)nc(C(C)C)n2)CCS(=O)(=O)C1. The Morgan fingerprint density at radius 3 is 2.48 bits per heavy atom. The fourth-order valence-electron chi connectivity index (χ4n) is 2.75. The Balaban J connectivity index is 2.43. The predicted octanol–water partition coefficient (Wildman–Crippen LogP) is 2.77. The average Bonchev–Trinajstić information content (AvgIpc) is 2.54. The Labute approximate surface area is 140 Å². The quantitative estimate of drug-likeness (QED) is 0.829. The van der Waals surface area contributed by atoms with Crippen LogP contribution in [0.3, 0.4) is 0 Å². The molecule has 0 bridgehead atoms. The summed E-state index contributed by atoms with van der Waals surface area (Å²) in [5.74, 6) is 2.49. The molecule has 0 aromatic carbocycles. The molecule has 1 aromatic rings. The van der Waals surface area contributed by atoms with Gasteiger partial charge in [0.15, 0.2) is 9.84 Å². The van der Waals surface area contributed by atoms with Crippen LogP contribution in [0, 0.1) is 5.92 Å². The number of rotatable bonds is 2. The number of nitrogens with zero attached hydrogens (tertiary/aromatic N) is 3. The summed E-state index contributed by atoms with van der Waals surface area (Å²) in [7, 11) is -2.96. The van der Waals surface area contributed by atoms with Crippen LogP contribution in [0.1, 0.15) is 59.0 Å². The van der Waals surface area contributed by atoms with Crippen LogP contribution in [0.2, 0.25) is 0 Å². The van der Waals surface area contributed by atoms with Gasteiger partial charge in [0.05, 0.1) is 17.2 Å². The van der Waals surface area contributed by atoms with E-state index in [1.54, 1.807) is 0 Å². The molecule has 1 aliphatic rings. The second-order valence-corrected chi connectivity index (χ2v) is 10.3. The van der Waals surface area contributed by atoms with Crippen LogP contribution < -0.4 is 4.90 Å². The normalized spacial score (nSPS) is 22.2. The van der Waals surface area contributed by atoms with Crippen molar-refractivity contribution < 1.29 is 8.42 Å². The van der Waals surface area contributed by atoms with Gasteiger partial charge in [0.25, 0.3) is 0 Å². The van der Waals surface area contributed by atoms with Crippen molar-refractivity contribution in [3.63, 3.8) is 0 Å². The van der Waals surface area contributed by atoms with Gasteiger partial charge in [-0.15, -0.1) is 0 Å². The molecule has 0 amide bonds. The molecule has 1 atom stereocenters. The highest BCUT2D eigenvalue weighted by Gasteiger charge is 2.27. The molecule has 6 heteroatoms. The molecular weight excluding hydrogens is 310 g/mol. The van der Waals surface area contributed by atoms with E-state index in [0.717, 1.165) is 23.9 Å². The molecule has 1 aromatic heterocycles. The van der Waals surface area contributed by atoms with Gasteiger partial charge >= 0.3 is 0 Å². The van der Waals surface area contributed by atoms with Crippen molar-refractivity contribution in [2.75, 3.05) is 29.5 Å². The number of hydrogen-bond acceptors (Lipinski definition) is 5. The van der Waals surface area contributed by atoms with Gasteiger partial charge in [-0.1, -0.05) is 41.5 Å². The smallest absolute Gasteiger partial charge is 0.152 e. The number of anilines is 1. The average molecular weight is 340 g/mol. The Morgan fingerprint density at radius 1 is 1.26 bits per heavy atom. The maximum Gasteiger partial charge on any atom is 0.152 e. The second-order valence-electron chi connectivity index (χ2n) is 8.04. The van der Waals surface area contributed by atoms with E-state index >= 15 is 0 Å². The van der Waals surface area contributed by atoms with Gasteiger partial charge in [-0.3, -0.25) is 0 Å². The topological polar surface area (TPSA) is 63.2 Å². The minimum absolute atomic E-state index is 0.0646. The molecule has 0 aliphatic carbocycles. The van der Waals surface area contributed by atoms with Gasteiger partial charge in [0.1, 0.15) is 11.6 Å². The molecule has 1 fully saturated rings. The third-order valence-electron chi connectivity index (χ3n) is 4.08. The Kier molecular flexibility index (Phi) is 5.04. The van der Waals surface area contributed by atoms with Crippen molar-refractivity contribution >= 4 is 15.7 Å². The van der Waals surface area contributed by atoms with Crippen LogP contribution in [0.5, 0.6) is 0 Å². The van der Waals surface area contributed by atoms with Crippen molar-refractivity contribution in [1.29, 1.82) is 0 Å². The zero-order chi connectivity index (χ0) is 17.4. The van der Waals surface area contributed by atoms with Crippen LogP contribution in [-0.4, -0.2) is 43.0 Å². The predicted molar refractivity (Wildman–Crippen MR) is 94.9 cm³/mol. The van der Waals surface area contributed by atoms with Gasteiger partial charge in [0, 0.05) is 30.5 Å². The third-order valence-corrected chi connectivity index (χ3v) is 5.96. The van der Waals surface area contributed by atoms with Crippen molar-refractivity contribution in [2.24, 2.45) is 5.92 Å². The van der Waals surface area contributed by atoms with E-state index in [4.69, 9.17) is 9.97 Å². The monoisotopic (exact) mass is 339 g/mol. The second kappa shape index (κ2) is 6.38. The maximum atomic E-state index is 12.0. The number of sulfone groups is 1. The summed E-state index contributed by atoms with van der Waals surface area (Å²) in [5.41, 5.74) is 0.941. The molecule has 130 valence electrons. The molecule has 0 radical (unpaired) electrons. The zero-order valence-electron chi connectivity index (χ0n) is 15.1. The minimum atomic E-state index is -2.96. The summed E-state index contributed by atoms with van der Waals surface area (Å²) in [6, 6.07) is 2.02. The lowest BCUT2D eigenvalue weighted by Crippen LogP contribution is -2.31. The van der Waals surface area contributed by atoms with E-state index < -0.39 is 9.84 Å². The fourth-order valence-corrected chi connectivity index (χ4v) is 4.39. The van der Waals surface area contributed by atoms with Crippen LogP contribution in [0.15, 0.2) is 6.07 Å². The van der Waals surface area contributed by atoms with Crippen LogP contribution >= 0.6 is 0 Å². The lowest BCUT2D eigenvalue weighted by Gasteiger charge is -2.27. The summed E-state index contributed by atoms with van der Waals surface area (Å²) in [4.78, 5) is 11.5. The van der Waals surface area contributed by atoms with E-state index in [-0.39, 0.29) is 28.8 Å². The maximum absolute atomic E-state index is 12.0. The van der Waals surface area contributed by atoms with Crippen molar-refractivity contribution in [3.05, 3.63) is 17.6 Å². The minimum Gasteiger partial charge on any atom is -0.355 e. The standard InChI is InChI=1S/C17H29N3O2S/c1-12(2)16-18-14(17(4,5)6)9-15(19-16)20-7-8-23(21,22)11-13(3)10-20/h9,12-13H,7-8,10-11H2,1-6H3. The van der Waals surface area contributed by atoms with Crippen molar-refractivity contribution in [2.45, 2.75) is 52.9 Å². The molecule has 0 spiro atoms. The van der Waals surface area contributed by atoms with Crippen LogP contribution in [0.25, 0.3) is 0 Å². The zero-order valence-corrected chi connectivity index (χ0v) is 15.9. The number of aromatic nitrogens is 2. The molecule has 1 aliphatic heterocycles. The van der Waals surface area contributed by atoms with E-state index in [2.05, 4.69) is 39.5 Å². The van der Waals surface area contributed by atoms with Gasteiger partial charge in [-0.2, -0.15) is 0 Å². The van der Waals surface area contributed by atoms with Gasteiger partial charge in [-0.25, -0.2) is 18.4 Å². The Hall–Kier alpha value is -1.17.